The predicted octanol–water partition coefficient (Wildman–Crippen LogP) is 6.81. The van der Waals surface area contributed by atoms with E-state index >= 15 is 0 Å². The Kier molecular flexibility index (Phi) is 6.41. The molecule has 0 fully saturated rings. The number of allylic oxidation sites excluding steroid dienone is 1. The highest BCUT2D eigenvalue weighted by atomic mass is 35.5. The summed E-state index contributed by atoms with van der Waals surface area (Å²) in [6, 6.07) is 22.0. The van der Waals surface area contributed by atoms with Gasteiger partial charge in [0.1, 0.15) is 22.5 Å². The van der Waals surface area contributed by atoms with Gasteiger partial charge in [0, 0.05) is 39.0 Å². The summed E-state index contributed by atoms with van der Waals surface area (Å²) < 4.78 is 13.2. The third-order valence-electron chi connectivity index (χ3n) is 4.63. The second kappa shape index (κ2) is 9.56. The lowest BCUT2D eigenvalue weighted by Gasteiger charge is -2.10. The van der Waals surface area contributed by atoms with Crippen molar-refractivity contribution >= 4 is 40.0 Å². The Morgan fingerprint density at radius 1 is 1.09 bits per heavy atom. The lowest BCUT2D eigenvalue weighted by atomic mass is 10.0. The summed E-state index contributed by atoms with van der Waals surface area (Å²) in [5, 5.41) is 15.4. The van der Waals surface area contributed by atoms with Gasteiger partial charge in [-0.15, -0.1) is 11.3 Å². The fourth-order valence-corrected chi connectivity index (χ4v) is 3.98. The van der Waals surface area contributed by atoms with Gasteiger partial charge in [-0.25, -0.2) is 9.37 Å². The molecule has 0 atom stereocenters. The van der Waals surface area contributed by atoms with E-state index in [1.54, 1.807) is 60.0 Å². The SMILES string of the molecule is N#C/C(=C\Nc1ccc(Cl)cc1C(=O)c1ccccc1)c1nc(-c2ccc(F)cc2)cs1. The zero-order valence-electron chi connectivity index (χ0n) is 16.5. The molecule has 1 heterocycles. The molecule has 1 N–H and O–H groups in total. The van der Waals surface area contributed by atoms with Gasteiger partial charge >= 0.3 is 0 Å². The molecule has 7 heteroatoms. The molecule has 3 aromatic carbocycles. The van der Waals surface area contributed by atoms with Crippen LogP contribution in [-0.4, -0.2) is 10.8 Å². The van der Waals surface area contributed by atoms with Gasteiger partial charge in [0.25, 0.3) is 0 Å². The van der Waals surface area contributed by atoms with E-state index in [0.29, 0.717) is 38.1 Å². The molecule has 0 bridgehead atoms. The van der Waals surface area contributed by atoms with Gasteiger partial charge in [-0.1, -0.05) is 41.9 Å². The number of thiazole rings is 1. The number of benzene rings is 3. The molecule has 0 spiro atoms. The molecule has 156 valence electrons. The number of nitrogens with one attached hydrogen (secondary N) is 1. The zero-order valence-corrected chi connectivity index (χ0v) is 18.1. The summed E-state index contributed by atoms with van der Waals surface area (Å²) in [7, 11) is 0. The van der Waals surface area contributed by atoms with Crippen LogP contribution in [0.1, 0.15) is 20.9 Å². The number of carbonyl (C=O) groups excluding carboxylic acids is 1. The van der Waals surface area contributed by atoms with E-state index in [9.17, 15) is 14.4 Å². The molecule has 0 radical (unpaired) electrons. The Morgan fingerprint density at radius 3 is 2.56 bits per heavy atom. The lowest BCUT2D eigenvalue weighted by Crippen LogP contribution is -2.05. The highest BCUT2D eigenvalue weighted by Gasteiger charge is 2.15. The maximum absolute atomic E-state index is 13.2. The van der Waals surface area contributed by atoms with Crippen molar-refractivity contribution in [2.75, 3.05) is 5.32 Å². The molecular weight excluding hydrogens is 445 g/mol. The van der Waals surface area contributed by atoms with Gasteiger partial charge < -0.3 is 5.32 Å². The maximum Gasteiger partial charge on any atom is 0.195 e. The van der Waals surface area contributed by atoms with E-state index in [2.05, 4.69) is 16.4 Å². The van der Waals surface area contributed by atoms with Gasteiger partial charge in [0.2, 0.25) is 0 Å². The van der Waals surface area contributed by atoms with Crippen LogP contribution >= 0.6 is 22.9 Å². The Labute approximate surface area is 193 Å². The molecule has 0 aliphatic carbocycles. The van der Waals surface area contributed by atoms with Gasteiger partial charge in [-0.2, -0.15) is 5.26 Å². The average molecular weight is 460 g/mol. The molecule has 0 aliphatic heterocycles. The van der Waals surface area contributed by atoms with E-state index in [-0.39, 0.29) is 11.6 Å². The van der Waals surface area contributed by atoms with Crippen LogP contribution in [0.25, 0.3) is 16.8 Å². The lowest BCUT2D eigenvalue weighted by molar-refractivity contribution is 0.103. The van der Waals surface area contributed by atoms with Crippen LogP contribution in [0.15, 0.2) is 84.4 Å². The molecule has 0 aliphatic rings. The molecule has 0 saturated carbocycles. The third kappa shape index (κ3) is 4.75. The highest BCUT2D eigenvalue weighted by molar-refractivity contribution is 7.11. The first-order valence-corrected chi connectivity index (χ1v) is 10.8. The van der Waals surface area contributed by atoms with E-state index in [4.69, 9.17) is 11.6 Å². The average Bonchev–Trinajstić information content (AvgIpc) is 3.31. The highest BCUT2D eigenvalue weighted by Crippen LogP contribution is 2.28. The number of ketones is 1. The second-order valence-electron chi connectivity index (χ2n) is 6.74. The van der Waals surface area contributed by atoms with Gasteiger partial charge in [0.05, 0.1) is 5.69 Å². The summed E-state index contributed by atoms with van der Waals surface area (Å²) in [4.78, 5) is 17.5. The number of halogens is 2. The third-order valence-corrected chi connectivity index (χ3v) is 5.74. The van der Waals surface area contributed by atoms with E-state index in [1.807, 2.05) is 6.07 Å². The first-order valence-electron chi connectivity index (χ1n) is 9.53. The summed E-state index contributed by atoms with van der Waals surface area (Å²) in [6.45, 7) is 0. The molecule has 0 unspecified atom stereocenters. The molecule has 4 nitrogen and oxygen atoms in total. The van der Waals surface area contributed by atoms with Crippen molar-refractivity contribution in [1.29, 1.82) is 5.26 Å². The molecule has 0 saturated heterocycles. The van der Waals surface area contributed by atoms with Crippen LogP contribution < -0.4 is 5.32 Å². The Bertz CT molecular complexity index is 1340. The number of nitrogens with zero attached hydrogens (tertiary/aromatic N) is 2. The predicted molar refractivity (Wildman–Crippen MR) is 126 cm³/mol. The molecule has 32 heavy (non-hydrogen) atoms. The van der Waals surface area contributed by atoms with E-state index < -0.39 is 0 Å². The summed E-state index contributed by atoms with van der Waals surface area (Å²) in [5.41, 5.74) is 3.16. The van der Waals surface area contributed by atoms with Crippen LogP contribution in [0, 0.1) is 17.1 Å². The fourth-order valence-electron chi connectivity index (χ4n) is 3.02. The largest absolute Gasteiger partial charge is 0.360 e. The maximum atomic E-state index is 13.2. The number of carbonyl (C=O) groups is 1. The van der Waals surface area contributed by atoms with Crippen molar-refractivity contribution in [2.45, 2.75) is 0 Å². The summed E-state index contributed by atoms with van der Waals surface area (Å²) in [6.07, 6.45) is 1.51. The van der Waals surface area contributed by atoms with Crippen LogP contribution in [0.3, 0.4) is 0 Å². The molecule has 4 aromatic rings. The molecule has 1 aromatic heterocycles. The van der Waals surface area contributed by atoms with Crippen molar-refractivity contribution in [3.05, 3.63) is 111 Å². The number of aromatic nitrogens is 1. The van der Waals surface area contributed by atoms with E-state index in [1.165, 1.54) is 29.7 Å². The Hall–Kier alpha value is -3.79. The monoisotopic (exact) mass is 459 g/mol. The Balaban J connectivity index is 1.62. The minimum Gasteiger partial charge on any atom is -0.360 e. The fraction of sp³-hybridized carbons (Fsp3) is 0. The van der Waals surface area contributed by atoms with Crippen molar-refractivity contribution in [3.63, 3.8) is 0 Å². The number of nitriles is 1. The summed E-state index contributed by atoms with van der Waals surface area (Å²) in [5.74, 6) is -0.509. The van der Waals surface area contributed by atoms with Crippen molar-refractivity contribution in [3.8, 4) is 17.3 Å². The van der Waals surface area contributed by atoms with Crippen LogP contribution in [0.4, 0.5) is 10.1 Å². The number of hydrogen-bond donors (Lipinski definition) is 1. The second-order valence-corrected chi connectivity index (χ2v) is 8.04. The van der Waals surface area contributed by atoms with E-state index in [0.717, 1.165) is 5.56 Å². The van der Waals surface area contributed by atoms with Crippen LogP contribution in [0.2, 0.25) is 5.02 Å². The van der Waals surface area contributed by atoms with Crippen molar-refractivity contribution in [1.82, 2.24) is 4.98 Å². The Morgan fingerprint density at radius 2 is 1.84 bits per heavy atom. The molecular formula is C25H15ClFN3OS. The minimum absolute atomic E-state index is 0.185. The van der Waals surface area contributed by atoms with Gasteiger partial charge in [-0.3, -0.25) is 4.79 Å². The van der Waals surface area contributed by atoms with Gasteiger partial charge in [-0.05, 0) is 42.5 Å². The number of rotatable bonds is 6. The minimum atomic E-state index is -0.324. The van der Waals surface area contributed by atoms with Crippen LogP contribution in [0.5, 0.6) is 0 Å². The molecule has 0 amide bonds. The van der Waals surface area contributed by atoms with Gasteiger partial charge in [0.15, 0.2) is 5.78 Å². The quantitative estimate of drug-likeness (QED) is 0.254. The van der Waals surface area contributed by atoms with Crippen molar-refractivity contribution < 1.29 is 9.18 Å². The first-order chi connectivity index (χ1) is 15.5. The summed E-state index contributed by atoms with van der Waals surface area (Å²) >= 11 is 7.43. The normalized spacial score (nSPS) is 11.1. The molecule has 4 rings (SSSR count). The van der Waals surface area contributed by atoms with Crippen LogP contribution in [-0.2, 0) is 0 Å². The standard InChI is InChI=1S/C25H15ClFN3OS/c26-19-8-11-22(21(12-19)24(31)17-4-2-1-3-5-17)29-14-18(13-28)25-30-23(15-32-25)16-6-9-20(27)10-7-16/h1-12,14-15,29H/b18-14+. The number of hydrogen-bond acceptors (Lipinski definition) is 5. The first kappa shape index (κ1) is 21.4. The topological polar surface area (TPSA) is 65.8 Å². The smallest absolute Gasteiger partial charge is 0.195 e. The van der Waals surface area contributed by atoms with Crippen molar-refractivity contribution in [2.24, 2.45) is 0 Å². The zero-order chi connectivity index (χ0) is 22.5. The number of anilines is 1.